The van der Waals surface area contributed by atoms with Crippen LogP contribution in [0.1, 0.15) is 19.4 Å². The van der Waals surface area contributed by atoms with Gasteiger partial charge in [-0.05, 0) is 37.6 Å². The lowest BCUT2D eigenvalue weighted by Gasteiger charge is -2.35. The Morgan fingerprint density at radius 1 is 1.22 bits per heavy atom. The van der Waals surface area contributed by atoms with E-state index in [-0.39, 0.29) is 36.1 Å². The Morgan fingerprint density at radius 3 is 2.44 bits per heavy atom. The van der Waals surface area contributed by atoms with Crippen LogP contribution in [0.25, 0.3) is 0 Å². The second kappa shape index (κ2) is 8.24. The highest BCUT2D eigenvalue weighted by Crippen LogP contribution is 2.33. The smallest absolute Gasteiger partial charge is 0.353 e. The summed E-state index contributed by atoms with van der Waals surface area (Å²) in [5, 5.41) is 15.7. The molecule has 1 aromatic heterocycles. The van der Waals surface area contributed by atoms with Gasteiger partial charge < -0.3 is 15.0 Å². The van der Waals surface area contributed by atoms with Gasteiger partial charge in [0.15, 0.2) is 0 Å². The van der Waals surface area contributed by atoms with Gasteiger partial charge in [0.25, 0.3) is 0 Å². The molecule has 144 valence electrons. The second-order valence-corrected chi connectivity index (χ2v) is 7.32. The fraction of sp³-hybridized carbons (Fsp3) is 0.412. The van der Waals surface area contributed by atoms with Crippen molar-refractivity contribution in [1.82, 2.24) is 9.97 Å². The standard InChI is InChI=1S/C17H19Cl2N5O3/c1-10-7-23(8-11(2)27-10)17-15(24(25)26)16(21-9-22-17)20-6-12-3-13(18)5-14(19)4-12/h3-5,9-11H,6-8H2,1-2H3,(H,20,21,22). The van der Waals surface area contributed by atoms with E-state index in [1.807, 2.05) is 18.7 Å². The highest BCUT2D eigenvalue weighted by Gasteiger charge is 2.31. The van der Waals surface area contributed by atoms with Gasteiger partial charge in [-0.15, -0.1) is 0 Å². The summed E-state index contributed by atoms with van der Waals surface area (Å²) in [6.45, 7) is 5.18. The van der Waals surface area contributed by atoms with Crippen molar-refractivity contribution in [3.05, 3.63) is 50.2 Å². The molecule has 2 unspecified atom stereocenters. The molecule has 0 saturated carbocycles. The van der Waals surface area contributed by atoms with Crippen LogP contribution in [0.2, 0.25) is 10.0 Å². The van der Waals surface area contributed by atoms with Crippen LogP contribution in [-0.4, -0.2) is 40.2 Å². The van der Waals surface area contributed by atoms with Crippen molar-refractivity contribution < 1.29 is 9.66 Å². The van der Waals surface area contributed by atoms with Crippen LogP contribution < -0.4 is 10.2 Å². The van der Waals surface area contributed by atoms with E-state index in [2.05, 4.69) is 15.3 Å². The first-order valence-electron chi connectivity index (χ1n) is 8.42. The summed E-state index contributed by atoms with van der Waals surface area (Å²) in [5.74, 6) is 0.427. The van der Waals surface area contributed by atoms with Gasteiger partial charge in [-0.25, -0.2) is 9.97 Å². The number of rotatable bonds is 5. The molecule has 1 saturated heterocycles. The molecular formula is C17H19Cl2N5O3. The van der Waals surface area contributed by atoms with Gasteiger partial charge in [0.1, 0.15) is 6.33 Å². The highest BCUT2D eigenvalue weighted by molar-refractivity contribution is 6.34. The van der Waals surface area contributed by atoms with Crippen molar-refractivity contribution in [3.8, 4) is 0 Å². The molecule has 3 rings (SSSR count). The fourth-order valence-electron chi connectivity index (χ4n) is 3.15. The second-order valence-electron chi connectivity index (χ2n) is 6.45. The Balaban J connectivity index is 1.88. The first kappa shape index (κ1) is 19.6. The average molecular weight is 412 g/mol. The first-order chi connectivity index (χ1) is 12.8. The summed E-state index contributed by atoms with van der Waals surface area (Å²) in [7, 11) is 0. The Labute approximate surface area is 166 Å². The van der Waals surface area contributed by atoms with E-state index in [1.54, 1.807) is 18.2 Å². The minimum Gasteiger partial charge on any atom is -0.372 e. The van der Waals surface area contributed by atoms with Gasteiger partial charge >= 0.3 is 5.69 Å². The summed E-state index contributed by atoms with van der Waals surface area (Å²) in [4.78, 5) is 21.4. The number of nitrogens with zero attached hydrogens (tertiary/aromatic N) is 4. The van der Waals surface area contributed by atoms with Crippen molar-refractivity contribution in [2.75, 3.05) is 23.3 Å². The molecule has 2 aromatic rings. The van der Waals surface area contributed by atoms with Gasteiger partial charge in [-0.3, -0.25) is 10.1 Å². The van der Waals surface area contributed by atoms with Crippen LogP contribution in [0.3, 0.4) is 0 Å². The predicted octanol–water partition coefficient (Wildman–Crippen LogP) is 3.92. The molecule has 0 bridgehead atoms. The van der Waals surface area contributed by atoms with Crippen LogP contribution in [0, 0.1) is 10.1 Å². The van der Waals surface area contributed by atoms with Crippen LogP contribution in [-0.2, 0) is 11.3 Å². The molecule has 1 aromatic carbocycles. The summed E-state index contributed by atoms with van der Waals surface area (Å²) < 4.78 is 5.70. The van der Waals surface area contributed by atoms with Crippen LogP contribution in [0.5, 0.6) is 0 Å². The van der Waals surface area contributed by atoms with Crippen LogP contribution in [0.15, 0.2) is 24.5 Å². The minimum atomic E-state index is -0.465. The summed E-state index contributed by atoms with van der Waals surface area (Å²) >= 11 is 12.0. The lowest BCUT2D eigenvalue weighted by Crippen LogP contribution is -2.46. The largest absolute Gasteiger partial charge is 0.372 e. The van der Waals surface area contributed by atoms with E-state index < -0.39 is 4.92 Å². The summed E-state index contributed by atoms with van der Waals surface area (Å²) in [6, 6.07) is 5.10. The van der Waals surface area contributed by atoms with E-state index in [9.17, 15) is 10.1 Å². The van der Waals surface area contributed by atoms with Crippen molar-refractivity contribution in [3.63, 3.8) is 0 Å². The molecule has 0 spiro atoms. The Bertz CT molecular complexity index is 821. The van der Waals surface area contributed by atoms with E-state index in [4.69, 9.17) is 27.9 Å². The van der Waals surface area contributed by atoms with Crippen molar-refractivity contribution in [1.29, 1.82) is 0 Å². The topological polar surface area (TPSA) is 93.4 Å². The SMILES string of the molecule is CC1CN(c2ncnc(NCc3cc(Cl)cc(Cl)c3)c2[N+](=O)[O-])CC(C)O1. The molecule has 0 radical (unpaired) electrons. The van der Waals surface area contributed by atoms with Crippen molar-refractivity contribution >= 4 is 40.5 Å². The van der Waals surface area contributed by atoms with E-state index in [0.29, 0.717) is 23.1 Å². The molecule has 2 atom stereocenters. The van der Waals surface area contributed by atoms with Gasteiger partial charge in [0, 0.05) is 29.7 Å². The number of anilines is 2. The first-order valence-corrected chi connectivity index (χ1v) is 9.17. The molecule has 10 heteroatoms. The highest BCUT2D eigenvalue weighted by atomic mass is 35.5. The number of ether oxygens (including phenoxy) is 1. The molecule has 1 aliphatic heterocycles. The normalized spacial score (nSPS) is 19.8. The van der Waals surface area contributed by atoms with Gasteiger partial charge in [0.2, 0.25) is 11.6 Å². The molecule has 1 fully saturated rings. The third-order valence-corrected chi connectivity index (χ3v) is 4.52. The lowest BCUT2D eigenvalue weighted by atomic mass is 10.2. The number of aromatic nitrogens is 2. The van der Waals surface area contributed by atoms with Crippen molar-refractivity contribution in [2.24, 2.45) is 0 Å². The fourth-order valence-corrected chi connectivity index (χ4v) is 3.72. The number of nitrogens with one attached hydrogen (secondary N) is 1. The number of morpholine rings is 1. The number of hydrogen-bond acceptors (Lipinski definition) is 7. The van der Waals surface area contributed by atoms with Gasteiger partial charge in [0.05, 0.1) is 17.1 Å². The average Bonchev–Trinajstić information content (AvgIpc) is 2.57. The molecular weight excluding hydrogens is 393 g/mol. The van der Waals surface area contributed by atoms with Crippen molar-refractivity contribution in [2.45, 2.75) is 32.6 Å². The molecule has 0 aliphatic carbocycles. The monoisotopic (exact) mass is 411 g/mol. The molecule has 1 aliphatic rings. The molecule has 2 heterocycles. The number of benzene rings is 1. The molecule has 8 nitrogen and oxygen atoms in total. The van der Waals surface area contributed by atoms with E-state index >= 15 is 0 Å². The van der Waals surface area contributed by atoms with Crippen LogP contribution >= 0.6 is 23.2 Å². The van der Waals surface area contributed by atoms with Gasteiger partial charge in [-0.2, -0.15) is 0 Å². The maximum atomic E-state index is 11.8. The van der Waals surface area contributed by atoms with E-state index in [0.717, 1.165) is 5.56 Å². The van der Waals surface area contributed by atoms with Crippen LogP contribution in [0.4, 0.5) is 17.3 Å². The Morgan fingerprint density at radius 2 is 1.85 bits per heavy atom. The maximum absolute atomic E-state index is 11.8. The maximum Gasteiger partial charge on any atom is 0.353 e. The number of hydrogen-bond donors (Lipinski definition) is 1. The zero-order valence-electron chi connectivity index (χ0n) is 14.9. The number of halogens is 2. The third kappa shape index (κ3) is 4.77. The molecule has 1 N–H and O–H groups in total. The Hall–Kier alpha value is -2.16. The van der Waals surface area contributed by atoms with E-state index in [1.165, 1.54) is 6.33 Å². The zero-order valence-corrected chi connectivity index (χ0v) is 16.4. The van der Waals surface area contributed by atoms with Gasteiger partial charge in [-0.1, -0.05) is 23.2 Å². The quantitative estimate of drug-likeness (QED) is 0.588. The molecule has 0 amide bonds. The lowest BCUT2D eigenvalue weighted by molar-refractivity contribution is -0.383. The summed E-state index contributed by atoms with van der Waals surface area (Å²) in [5.41, 5.74) is 0.627. The predicted molar refractivity (Wildman–Crippen MR) is 105 cm³/mol. The third-order valence-electron chi connectivity index (χ3n) is 4.09. The number of nitro groups is 1. The molecule has 27 heavy (non-hydrogen) atoms. The zero-order chi connectivity index (χ0) is 19.6. The summed E-state index contributed by atoms with van der Waals surface area (Å²) in [6.07, 6.45) is 1.22. The Kier molecular flexibility index (Phi) is 5.98. The minimum absolute atomic E-state index is 0.0478.